The monoisotopic (exact) mass is 334 g/mol. The highest BCUT2D eigenvalue weighted by Gasteiger charge is 2.05. The molecule has 0 aliphatic heterocycles. The molecule has 0 aliphatic carbocycles. The first-order valence-electron chi connectivity index (χ1n) is 6.13. The van der Waals surface area contributed by atoms with Crippen LogP contribution in [0.15, 0.2) is 46.9 Å². The summed E-state index contributed by atoms with van der Waals surface area (Å²) in [6.07, 6.45) is 0. The summed E-state index contributed by atoms with van der Waals surface area (Å²) in [5.41, 5.74) is 7.52. The molecule has 0 saturated carbocycles. The van der Waals surface area contributed by atoms with Gasteiger partial charge in [-0.15, -0.1) is 0 Å². The summed E-state index contributed by atoms with van der Waals surface area (Å²) in [5, 5.41) is 13.1. The molecule has 0 bridgehead atoms. The second kappa shape index (κ2) is 6.54. The van der Waals surface area contributed by atoms with Crippen LogP contribution in [-0.2, 0) is 13.1 Å². The maximum absolute atomic E-state index is 11.1. The number of para-hydroxylation sites is 1. The minimum Gasteiger partial charge on any atom is -0.506 e. The van der Waals surface area contributed by atoms with Crippen LogP contribution in [0.3, 0.4) is 0 Å². The molecule has 2 aromatic carbocycles. The van der Waals surface area contributed by atoms with Gasteiger partial charge >= 0.3 is 0 Å². The number of benzene rings is 2. The number of phenolic OH excluding ortho intramolecular Hbond substituents is 1. The summed E-state index contributed by atoms with van der Waals surface area (Å²) in [6.45, 7) is 1.12. The Labute approximate surface area is 125 Å². The molecule has 2 aromatic rings. The van der Waals surface area contributed by atoms with Gasteiger partial charge in [-0.05, 0) is 39.7 Å². The molecule has 104 valence electrons. The summed E-state index contributed by atoms with van der Waals surface area (Å²) in [7, 11) is 0. The lowest BCUT2D eigenvalue weighted by Gasteiger charge is -2.08. The molecule has 0 spiro atoms. The SMILES string of the molecule is NC(=O)c1cccc(CNCc2cccc(Br)c2O)c1. The fraction of sp³-hybridized carbons (Fsp3) is 0.133. The van der Waals surface area contributed by atoms with E-state index in [1.807, 2.05) is 18.2 Å². The molecule has 0 aliphatic rings. The van der Waals surface area contributed by atoms with Gasteiger partial charge in [0.1, 0.15) is 5.75 Å². The van der Waals surface area contributed by atoms with Crippen molar-refractivity contribution in [3.63, 3.8) is 0 Å². The number of aromatic hydroxyl groups is 1. The standard InChI is InChI=1S/C15H15BrN2O2/c16-13-6-2-5-12(14(13)19)9-18-8-10-3-1-4-11(7-10)15(17)20/h1-7,18-19H,8-9H2,(H2,17,20). The second-order valence-corrected chi connectivity index (χ2v) is 5.27. The van der Waals surface area contributed by atoms with E-state index in [1.165, 1.54) is 0 Å². The number of phenols is 1. The molecule has 5 heteroatoms. The fourth-order valence-electron chi connectivity index (χ4n) is 1.88. The van der Waals surface area contributed by atoms with Crippen LogP contribution in [0.5, 0.6) is 5.75 Å². The Balaban J connectivity index is 1.98. The summed E-state index contributed by atoms with van der Waals surface area (Å²) in [5.74, 6) is -0.192. The van der Waals surface area contributed by atoms with E-state index in [2.05, 4.69) is 21.2 Å². The number of nitrogens with two attached hydrogens (primary N) is 1. The second-order valence-electron chi connectivity index (χ2n) is 4.42. The van der Waals surface area contributed by atoms with Crippen LogP contribution in [0.25, 0.3) is 0 Å². The lowest BCUT2D eigenvalue weighted by atomic mass is 10.1. The highest BCUT2D eigenvalue weighted by molar-refractivity contribution is 9.10. The lowest BCUT2D eigenvalue weighted by molar-refractivity contribution is 0.1000. The van der Waals surface area contributed by atoms with Gasteiger partial charge in [0.15, 0.2) is 0 Å². The van der Waals surface area contributed by atoms with Crippen LogP contribution in [0.1, 0.15) is 21.5 Å². The topological polar surface area (TPSA) is 75.4 Å². The number of carbonyl (C=O) groups excluding carboxylic acids is 1. The summed E-state index contributed by atoms with van der Waals surface area (Å²) >= 11 is 3.28. The van der Waals surface area contributed by atoms with Crippen molar-refractivity contribution in [3.8, 4) is 5.75 Å². The van der Waals surface area contributed by atoms with E-state index >= 15 is 0 Å². The van der Waals surface area contributed by atoms with Gasteiger partial charge in [-0.1, -0.05) is 24.3 Å². The van der Waals surface area contributed by atoms with Crippen LogP contribution < -0.4 is 11.1 Å². The molecule has 4 N–H and O–H groups in total. The number of hydrogen-bond donors (Lipinski definition) is 3. The molecule has 0 fully saturated rings. The highest BCUT2D eigenvalue weighted by atomic mass is 79.9. The minimum absolute atomic E-state index is 0.242. The summed E-state index contributed by atoms with van der Waals surface area (Å²) in [4.78, 5) is 11.1. The van der Waals surface area contributed by atoms with Crippen LogP contribution in [-0.4, -0.2) is 11.0 Å². The number of primary amides is 1. The average molecular weight is 335 g/mol. The van der Waals surface area contributed by atoms with Crippen molar-refractivity contribution in [1.29, 1.82) is 0 Å². The molecular weight excluding hydrogens is 320 g/mol. The zero-order valence-electron chi connectivity index (χ0n) is 10.8. The molecule has 0 radical (unpaired) electrons. The van der Waals surface area contributed by atoms with Crippen LogP contribution >= 0.6 is 15.9 Å². The van der Waals surface area contributed by atoms with E-state index < -0.39 is 5.91 Å². The number of amides is 1. The molecule has 1 amide bonds. The lowest BCUT2D eigenvalue weighted by Crippen LogP contribution is -2.15. The highest BCUT2D eigenvalue weighted by Crippen LogP contribution is 2.27. The molecule has 0 atom stereocenters. The first kappa shape index (κ1) is 14.6. The first-order chi connectivity index (χ1) is 9.58. The number of nitrogens with one attached hydrogen (secondary N) is 1. The molecule has 0 heterocycles. The first-order valence-corrected chi connectivity index (χ1v) is 6.93. The van der Waals surface area contributed by atoms with Gasteiger partial charge in [-0.3, -0.25) is 4.79 Å². The van der Waals surface area contributed by atoms with Gasteiger partial charge in [0.25, 0.3) is 0 Å². The predicted octanol–water partition coefficient (Wildman–Crippen LogP) is 2.54. The van der Waals surface area contributed by atoms with Crippen molar-refractivity contribution < 1.29 is 9.90 Å². The van der Waals surface area contributed by atoms with Crippen molar-refractivity contribution in [3.05, 3.63) is 63.6 Å². The molecule has 20 heavy (non-hydrogen) atoms. The number of carbonyl (C=O) groups is 1. The number of rotatable bonds is 5. The summed E-state index contributed by atoms with van der Waals surface area (Å²) in [6, 6.07) is 12.7. The van der Waals surface area contributed by atoms with Gasteiger partial charge in [-0.2, -0.15) is 0 Å². The van der Waals surface area contributed by atoms with Crippen molar-refractivity contribution in [2.24, 2.45) is 5.73 Å². The van der Waals surface area contributed by atoms with Crippen molar-refractivity contribution in [2.45, 2.75) is 13.1 Å². The average Bonchev–Trinajstić information content (AvgIpc) is 2.44. The van der Waals surface area contributed by atoms with E-state index in [0.29, 0.717) is 23.1 Å². The Hall–Kier alpha value is -1.85. The van der Waals surface area contributed by atoms with E-state index in [9.17, 15) is 9.90 Å². The predicted molar refractivity (Wildman–Crippen MR) is 81.3 cm³/mol. The van der Waals surface area contributed by atoms with E-state index in [1.54, 1.807) is 24.3 Å². The van der Waals surface area contributed by atoms with Crippen molar-refractivity contribution >= 4 is 21.8 Å². The number of hydrogen-bond acceptors (Lipinski definition) is 3. The normalized spacial score (nSPS) is 10.4. The summed E-state index contributed by atoms with van der Waals surface area (Å²) < 4.78 is 0.674. The molecule has 0 unspecified atom stereocenters. The van der Waals surface area contributed by atoms with E-state index in [0.717, 1.165) is 11.1 Å². The Morgan fingerprint density at radius 2 is 1.95 bits per heavy atom. The van der Waals surface area contributed by atoms with E-state index in [4.69, 9.17) is 5.73 Å². The van der Waals surface area contributed by atoms with Gasteiger partial charge in [0.2, 0.25) is 5.91 Å². The minimum atomic E-state index is -0.434. The Morgan fingerprint density at radius 3 is 2.70 bits per heavy atom. The van der Waals surface area contributed by atoms with Gasteiger partial charge < -0.3 is 16.2 Å². The molecule has 4 nitrogen and oxygen atoms in total. The third-order valence-corrected chi connectivity index (χ3v) is 3.57. The Bertz CT molecular complexity index is 629. The van der Waals surface area contributed by atoms with Crippen LogP contribution in [0.2, 0.25) is 0 Å². The van der Waals surface area contributed by atoms with E-state index in [-0.39, 0.29) is 5.75 Å². The number of halogens is 1. The van der Waals surface area contributed by atoms with Crippen LogP contribution in [0.4, 0.5) is 0 Å². The van der Waals surface area contributed by atoms with Gasteiger partial charge in [-0.25, -0.2) is 0 Å². The Morgan fingerprint density at radius 1 is 1.20 bits per heavy atom. The Kier molecular flexibility index (Phi) is 4.76. The maximum Gasteiger partial charge on any atom is 0.248 e. The molecule has 0 saturated heterocycles. The largest absolute Gasteiger partial charge is 0.506 e. The third kappa shape index (κ3) is 3.59. The molecule has 0 aromatic heterocycles. The van der Waals surface area contributed by atoms with Crippen LogP contribution in [0, 0.1) is 0 Å². The maximum atomic E-state index is 11.1. The third-order valence-electron chi connectivity index (χ3n) is 2.93. The molecule has 2 rings (SSSR count). The smallest absolute Gasteiger partial charge is 0.248 e. The van der Waals surface area contributed by atoms with Crippen molar-refractivity contribution in [1.82, 2.24) is 5.32 Å². The molecular formula is C15H15BrN2O2. The van der Waals surface area contributed by atoms with Gasteiger partial charge in [0, 0.05) is 24.2 Å². The zero-order valence-corrected chi connectivity index (χ0v) is 12.4. The van der Waals surface area contributed by atoms with Gasteiger partial charge in [0.05, 0.1) is 4.47 Å². The zero-order chi connectivity index (χ0) is 14.5. The van der Waals surface area contributed by atoms with Crippen molar-refractivity contribution in [2.75, 3.05) is 0 Å². The quantitative estimate of drug-likeness (QED) is 0.786. The fourth-order valence-corrected chi connectivity index (χ4v) is 2.29.